The van der Waals surface area contributed by atoms with Gasteiger partial charge in [-0.05, 0) is 78.6 Å². The van der Waals surface area contributed by atoms with E-state index in [0.29, 0.717) is 6.61 Å². The Morgan fingerprint density at radius 2 is 1.74 bits per heavy atom. The molecule has 6 rings (SSSR count). The maximum atomic E-state index is 6.36. The van der Waals surface area contributed by atoms with E-state index in [0.717, 1.165) is 41.9 Å². The number of rotatable bonds is 6. The highest BCUT2D eigenvalue weighted by molar-refractivity contribution is 6.10. The van der Waals surface area contributed by atoms with Crippen molar-refractivity contribution in [3.05, 3.63) is 82.6 Å². The van der Waals surface area contributed by atoms with Crippen LogP contribution in [0.1, 0.15) is 47.8 Å². The van der Waals surface area contributed by atoms with Crippen LogP contribution in [-0.2, 0) is 15.0 Å². The van der Waals surface area contributed by atoms with Crippen LogP contribution < -0.4 is 0 Å². The minimum atomic E-state index is 0.131. The van der Waals surface area contributed by atoms with Crippen molar-refractivity contribution in [2.45, 2.75) is 52.1 Å². The highest BCUT2D eigenvalue weighted by Crippen LogP contribution is 2.51. The number of oxime groups is 1. The third-order valence-electron chi connectivity index (χ3n) is 7.57. The van der Waals surface area contributed by atoms with Gasteiger partial charge in [-0.1, -0.05) is 60.1 Å². The van der Waals surface area contributed by atoms with Gasteiger partial charge in [-0.3, -0.25) is 0 Å². The van der Waals surface area contributed by atoms with Crippen molar-refractivity contribution in [3.8, 4) is 0 Å². The molecule has 1 aromatic heterocycles. The fraction of sp³-hybridized carbons (Fsp3) is 0.367. The maximum absolute atomic E-state index is 6.36. The van der Waals surface area contributed by atoms with Crippen LogP contribution in [0.25, 0.3) is 21.7 Å². The lowest BCUT2D eigenvalue weighted by atomic mass is 9.57. The quantitative estimate of drug-likeness (QED) is 0.179. The van der Waals surface area contributed by atoms with Crippen molar-refractivity contribution in [1.82, 2.24) is 0 Å². The van der Waals surface area contributed by atoms with Gasteiger partial charge in [-0.15, -0.1) is 0 Å². The molecule has 0 N–H and O–H groups in total. The van der Waals surface area contributed by atoms with Crippen LogP contribution in [0.2, 0.25) is 0 Å². The first-order valence-corrected chi connectivity index (χ1v) is 12.2. The second-order valence-electron chi connectivity index (χ2n) is 10.5. The summed E-state index contributed by atoms with van der Waals surface area (Å²) in [6, 6.07) is 19.4. The van der Waals surface area contributed by atoms with E-state index in [9.17, 15) is 0 Å². The summed E-state index contributed by atoms with van der Waals surface area (Å²) in [5, 5.41) is 8.17. The Morgan fingerprint density at radius 1 is 1.00 bits per heavy atom. The number of benzene rings is 3. The van der Waals surface area contributed by atoms with Gasteiger partial charge in [-0.25, -0.2) is 0 Å². The fourth-order valence-corrected chi connectivity index (χ4v) is 6.15. The number of hydrogen-bond donors (Lipinski definition) is 0. The normalized spacial score (nSPS) is 24.4. The molecule has 0 radical (unpaired) electrons. The summed E-state index contributed by atoms with van der Waals surface area (Å²) in [5.41, 5.74) is 7.51. The highest BCUT2D eigenvalue weighted by atomic mass is 16.7. The number of furan rings is 1. The van der Waals surface area contributed by atoms with Crippen LogP contribution in [0.15, 0.2) is 64.2 Å². The van der Waals surface area contributed by atoms with Crippen molar-refractivity contribution in [3.63, 3.8) is 0 Å². The van der Waals surface area contributed by atoms with Gasteiger partial charge in [0.15, 0.2) is 5.76 Å². The molecule has 1 atom stereocenters. The molecule has 174 valence electrons. The van der Waals surface area contributed by atoms with Crippen LogP contribution in [0.4, 0.5) is 0 Å². The topological polar surface area (TPSA) is 47.3 Å². The molecule has 0 spiro atoms. The van der Waals surface area contributed by atoms with E-state index in [4.69, 9.17) is 14.0 Å². The highest BCUT2D eigenvalue weighted by Gasteiger charge is 2.46. The lowest BCUT2D eigenvalue weighted by Gasteiger charge is -2.47. The molecule has 1 aliphatic heterocycles. The summed E-state index contributed by atoms with van der Waals surface area (Å²) >= 11 is 0. The molecular weight excluding hydrogens is 422 g/mol. The lowest BCUT2D eigenvalue weighted by Crippen LogP contribution is -2.43. The summed E-state index contributed by atoms with van der Waals surface area (Å²) in [4.78, 5) is 5.75. The lowest BCUT2D eigenvalue weighted by molar-refractivity contribution is 0.119. The zero-order valence-corrected chi connectivity index (χ0v) is 20.4. The average Bonchev–Trinajstić information content (AvgIpc) is 3.50. The molecule has 2 aliphatic rings. The molecule has 4 heteroatoms. The van der Waals surface area contributed by atoms with Crippen LogP contribution in [-0.4, -0.2) is 25.0 Å². The Hall–Kier alpha value is -3.11. The maximum Gasteiger partial charge on any atom is 0.153 e. The van der Waals surface area contributed by atoms with Crippen molar-refractivity contribution in [2.24, 2.45) is 11.1 Å². The molecule has 3 aromatic carbocycles. The van der Waals surface area contributed by atoms with E-state index in [-0.39, 0.29) is 17.4 Å². The first-order valence-electron chi connectivity index (χ1n) is 12.2. The van der Waals surface area contributed by atoms with E-state index in [1.165, 1.54) is 33.0 Å². The van der Waals surface area contributed by atoms with E-state index < -0.39 is 0 Å². The Morgan fingerprint density at radius 3 is 2.47 bits per heavy atom. The van der Waals surface area contributed by atoms with Gasteiger partial charge < -0.3 is 14.0 Å². The van der Waals surface area contributed by atoms with Crippen LogP contribution in [0.5, 0.6) is 0 Å². The van der Waals surface area contributed by atoms with Gasteiger partial charge >= 0.3 is 0 Å². The van der Waals surface area contributed by atoms with Gasteiger partial charge in [0.1, 0.15) is 24.0 Å². The predicted molar refractivity (Wildman–Crippen MR) is 137 cm³/mol. The smallest absolute Gasteiger partial charge is 0.153 e. The molecule has 34 heavy (non-hydrogen) atoms. The minimum absolute atomic E-state index is 0.131. The van der Waals surface area contributed by atoms with E-state index in [1.54, 1.807) is 0 Å². The Labute approximate surface area is 200 Å². The number of nitrogens with zero attached hydrogens (tertiary/aromatic N) is 1. The van der Waals surface area contributed by atoms with Crippen molar-refractivity contribution in [2.75, 3.05) is 13.2 Å². The number of fused-ring (bicyclic) bond motifs is 3. The van der Waals surface area contributed by atoms with Crippen LogP contribution in [0, 0.1) is 26.7 Å². The van der Waals surface area contributed by atoms with E-state index in [1.807, 2.05) is 0 Å². The summed E-state index contributed by atoms with van der Waals surface area (Å²) in [6.07, 6.45) is 2.23. The van der Waals surface area contributed by atoms with Crippen LogP contribution >= 0.6 is 0 Å². The third kappa shape index (κ3) is 3.70. The fourth-order valence-electron chi connectivity index (χ4n) is 6.15. The molecule has 4 aromatic rings. The number of aryl methyl sites for hydroxylation is 3. The molecular formula is C30H31NO3. The molecule has 1 aliphatic carbocycles. The molecule has 2 fully saturated rings. The van der Waals surface area contributed by atoms with Gasteiger partial charge in [0.25, 0.3) is 0 Å². The van der Waals surface area contributed by atoms with Crippen molar-refractivity contribution < 1.29 is 14.0 Å². The third-order valence-corrected chi connectivity index (χ3v) is 7.57. The molecule has 1 unspecified atom stereocenters. The van der Waals surface area contributed by atoms with Crippen molar-refractivity contribution >= 4 is 27.5 Å². The number of ether oxygens (including phenoxy) is 1. The Balaban J connectivity index is 1.35. The van der Waals surface area contributed by atoms with E-state index >= 15 is 0 Å². The summed E-state index contributed by atoms with van der Waals surface area (Å²) in [6.45, 7) is 10.3. The molecule has 1 saturated carbocycles. The average molecular weight is 454 g/mol. The number of hydrogen-bond acceptors (Lipinski definition) is 4. The summed E-state index contributed by atoms with van der Waals surface area (Å²) in [5.74, 6) is 1.10. The standard InChI is InChI=1S/C30H31NO3/c1-18-11-19(2)28(20(3)12-18)30(4)14-22(15-30)29(31-33-17-23-16-32-23)27-13-25-24-8-6-5-7-21(24)9-10-26(25)34-27/h5-13,22-23H,14-17H2,1-4H3/b31-29-. The zero-order chi connectivity index (χ0) is 23.4. The zero-order valence-electron chi connectivity index (χ0n) is 20.4. The van der Waals surface area contributed by atoms with Gasteiger partial charge in [0.2, 0.25) is 0 Å². The largest absolute Gasteiger partial charge is 0.455 e. The Bertz CT molecular complexity index is 1400. The molecule has 0 amide bonds. The first-order chi connectivity index (χ1) is 16.4. The van der Waals surface area contributed by atoms with Crippen LogP contribution in [0.3, 0.4) is 0 Å². The SMILES string of the molecule is Cc1cc(C)c(C2(C)CC(/C(=N/OCC3CO3)c3cc4c(ccc5ccccc54)o3)C2)c(C)c1. The van der Waals surface area contributed by atoms with Gasteiger partial charge in [0.05, 0.1) is 6.61 Å². The molecule has 2 heterocycles. The molecule has 0 bridgehead atoms. The monoisotopic (exact) mass is 453 g/mol. The van der Waals surface area contributed by atoms with Crippen molar-refractivity contribution in [1.29, 1.82) is 0 Å². The second kappa shape index (κ2) is 7.99. The number of epoxide rings is 1. The summed E-state index contributed by atoms with van der Waals surface area (Å²) < 4.78 is 11.7. The molecule has 4 nitrogen and oxygen atoms in total. The second-order valence-corrected chi connectivity index (χ2v) is 10.5. The first kappa shape index (κ1) is 21.4. The van der Waals surface area contributed by atoms with E-state index in [2.05, 4.69) is 87.4 Å². The van der Waals surface area contributed by atoms with Gasteiger partial charge in [-0.2, -0.15) is 0 Å². The van der Waals surface area contributed by atoms with Gasteiger partial charge in [0, 0.05) is 11.3 Å². The Kier molecular flexibility index (Phi) is 5.03. The predicted octanol–water partition coefficient (Wildman–Crippen LogP) is 7.00. The molecule has 1 saturated heterocycles. The minimum Gasteiger partial charge on any atom is -0.455 e. The summed E-state index contributed by atoms with van der Waals surface area (Å²) in [7, 11) is 0.